The van der Waals surface area contributed by atoms with E-state index in [0.717, 1.165) is 19.6 Å². The van der Waals surface area contributed by atoms with E-state index in [2.05, 4.69) is 22.6 Å². The molecular formula is C6H13N3. The molecule has 3 heteroatoms. The highest BCUT2D eigenvalue weighted by molar-refractivity contribution is 4.90. The van der Waals surface area contributed by atoms with Crippen LogP contribution in [0.5, 0.6) is 0 Å². The highest BCUT2D eigenvalue weighted by Crippen LogP contribution is 2.01. The fourth-order valence-corrected chi connectivity index (χ4v) is 0.933. The second-order valence-corrected chi connectivity index (χ2v) is 2.16. The second kappa shape index (κ2) is 3.48. The number of hydrazine groups is 1. The molecule has 3 nitrogen and oxygen atoms in total. The quantitative estimate of drug-likeness (QED) is 0.403. The number of nitrogens with zero attached hydrogens (tertiary/aromatic N) is 1. The van der Waals surface area contributed by atoms with Gasteiger partial charge in [-0.2, -0.15) is 0 Å². The summed E-state index contributed by atoms with van der Waals surface area (Å²) in [4.78, 5) is 2.25. The standard InChI is InChI=1S/C6H13N3/c7-8-3-6-9-4-1-2-5-9/h1,4,8H,2-3,5-7H2. The molecule has 0 aromatic heterocycles. The molecule has 0 aliphatic carbocycles. The van der Waals surface area contributed by atoms with Gasteiger partial charge in [-0.15, -0.1) is 0 Å². The van der Waals surface area contributed by atoms with Crippen molar-refractivity contribution in [2.75, 3.05) is 19.6 Å². The lowest BCUT2D eigenvalue weighted by molar-refractivity contribution is 0.400. The normalized spacial score (nSPS) is 17.2. The number of hydrogen-bond donors (Lipinski definition) is 2. The van der Waals surface area contributed by atoms with Gasteiger partial charge in [0, 0.05) is 19.6 Å². The zero-order chi connectivity index (χ0) is 6.53. The van der Waals surface area contributed by atoms with E-state index in [1.54, 1.807) is 0 Å². The number of nitrogens with two attached hydrogens (primary N) is 1. The number of nitrogens with one attached hydrogen (secondary N) is 1. The van der Waals surface area contributed by atoms with Crippen molar-refractivity contribution in [3.63, 3.8) is 0 Å². The van der Waals surface area contributed by atoms with Crippen LogP contribution in [0.1, 0.15) is 6.42 Å². The summed E-state index contributed by atoms with van der Waals surface area (Å²) >= 11 is 0. The summed E-state index contributed by atoms with van der Waals surface area (Å²) in [6.07, 6.45) is 5.48. The van der Waals surface area contributed by atoms with Crippen molar-refractivity contribution in [3.8, 4) is 0 Å². The zero-order valence-electron chi connectivity index (χ0n) is 5.51. The first kappa shape index (κ1) is 6.58. The Morgan fingerprint density at radius 2 is 2.56 bits per heavy atom. The minimum atomic E-state index is 0.865. The van der Waals surface area contributed by atoms with Crippen LogP contribution in [0.25, 0.3) is 0 Å². The van der Waals surface area contributed by atoms with E-state index < -0.39 is 0 Å². The molecule has 0 bridgehead atoms. The largest absolute Gasteiger partial charge is 0.376 e. The van der Waals surface area contributed by atoms with E-state index in [1.807, 2.05) is 0 Å². The van der Waals surface area contributed by atoms with E-state index in [1.165, 1.54) is 6.42 Å². The third-order valence-corrected chi connectivity index (χ3v) is 1.44. The predicted octanol–water partition coefficient (Wildman–Crippen LogP) is -0.331. The van der Waals surface area contributed by atoms with Gasteiger partial charge in [0.1, 0.15) is 0 Å². The maximum atomic E-state index is 5.11. The van der Waals surface area contributed by atoms with Gasteiger partial charge in [0.05, 0.1) is 0 Å². The van der Waals surface area contributed by atoms with Crippen molar-refractivity contribution in [2.24, 2.45) is 5.84 Å². The molecule has 52 valence electrons. The third kappa shape index (κ3) is 2.03. The highest BCUT2D eigenvalue weighted by Gasteiger charge is 2.00. The first-order valence-corrected chi connectivity index (χ1v) is 3.27. The van der Waals surface area contributed by atoms with Gasteiger partial charge in [-0.05, 0) is 12.6 Å². The van der Waals surface area contributed by atoms with Crippen molar-refractivity contribution in [1.82, 2.24) is 10.3 Å². The van der Waals surface area contributed by atoms with Gasteiger partial charge in [0.2, 0.25) is 0 Å². The highest BCUT2D eigenvalue weighted by atomic mass is 15.2. The van der Waals surface area contributed by atoms with E-state index in [0.29, 0.717) is 0 Å². The molecule has 0 amide bonds. The molecule has 0 aromatic rings. The molecule has 9 heavy (non-hydrogen) atoms. The minimum Gasteiger partial charge on any atom is -0.376 e. The zero-order valence-corrected chi connectivity index (χ0v) is 5.51. The van der Waals surface area contributed by atoms with E-state index >= 15 is 0 Å². The van der Waals surface area contributed by atoms with Gasteiger partial charge < -0.3 is 4.90 Å². The Labute approximate surface area is 55.5 Å². The fraction of sp³-hybridized carbons (Fsp3) is 0.667. The van der Waals surface area contributed by atoms with E-state index in [4.69, 9.17) is 5.84 Å². The first-order chi connectivity index (χ1) is 4.43. The molecular weight excluding hydrogens is 114 g/mol. The molecule has 0 unspecified atom stereocenters. The average Bonchev–Trinajstić information content (AvgIpc) is 2.34. The van der Waals surface area contributed by atoms with Crippen LogP contribution in [0.15, 0.2) is 12.3 Å². The van der Waals surface area contributed by atoms with Crippen LogP contribution < -0.4 is 11.3 Å². The fourth-order valence-electron chi connectivity index (χ4n) is 0.933. The van der Waals surface area contributed by atoms with E-state index in [9.17, 15) is 0 Å². The molecule has 0 radical (unpaired) electrons. The van der Waals surface area contributed by atoms with Crippen LogP contribution in [-0.4, -0.2) is 24.5 Å². The summed E-state index contributed by atoms with van der Waals surface area (Å²) in [5.41, 5.74) is 2.62. The summed E-state index contributed by atoms with van der Waals surface area (Å²) in [5, 5.41) is 0. The summed E-state index contributed by atoms with van der Waals surface area (Å²) in [6.45, 7) is 3.04. The topological polar surface area (TPSA) is 41.3 Å². The number of hydrogen-bond acceptors (Lipinski definition) is 3. The van der Waals surface area contributed by atoms with Gasteiger partial charge in [0.15, 0.2) is 0 Å². The molecule has 1 aliphatic rings. The Morgan fingerprint density at radius 3 is 3.11 bits per heavy atom. The Bertz CT molecular complexity index is 100. The van der Waals surface area contributed by atoms with Crippen LogP contribution in [-0.2, 0) is 0 Å². The van der Waals surface area contributed by atoms with Crippen molar-refractivity contribution in [2.45, 2.75) is 6.42 Å². The molecule has 0 saturated heterocycles. The molecule has 0 spiro atoms. The van der Waals surface area contributed by atoms with Crippen LogP contribution in [0.4, 0.5) is 0 Å². The lowest BCUT2D eigenvalue weighted by Gasteiger charge is -2.13. The van der Waals surface area contributed by atoms with Crippen LogP contribution in [0.3, 0.4) is 0 Å². The van der Waals surface area contributed by atoms with Gasteiger partial charge in [-0.25, -0.2) is 0 Å². The lowest BCUT2D eigenvalue weighted by atomic mass is 10.5. The Hall–Kier alpha value is -0.540. The Balaban J connectivity index is 2.05. The van der Waals surface area contributed by atoms with Gasteiger partial charge in [0.25, 0.3) is 0 Å². The number of rotatable bonds is 3. The molecule has 0 aromatic carbocycles. The minimum absolute atomic E-state index is 0.865. The van der Waals surface area contributed by atoms with Crippen LogP contribution >= 0.6 is 0 Å². The molecule has 1 rings (SSSR count). The van der Waals surface area contributed by atoms with Crippen molar-refractivity contribution in [1.29, 1.82) is 0 Å². The molecule has 1 heterocycles. The van der Waals surface area contributed by atoms with Crippen LogP contribution in [0, 0.1) is 0 Å². The monoisotopic (exact) mass is 127 g/mol. The molecule has 3 N–H and O–H groups in total. The lowest BCUT2D eigenvalue weighted by Crippen LogP contribution is -2.31. The average molecular weight is 127 g/mol. The van der Waals surface area contributed by atoms with Crippen LogP contribution in [0.2, 0.25) is 0 Å². The Morgan fingerprint density at radius 1 is 1.67 bits per heavy atom. The van der Waals surface area contributed by atoms with Gasteiger partial charge >= 0.3 is 0 Å². The summed E-state index contributed by atoms with van der Waals surface area (Å²) < 4.78 is 0. The first-order valence-electron chi connectivity index (χ1n) is 3.27. The smallest absolute Gasteiger partial charge is 0.0311 e. The maximum Gasteiger partial charge on any atom is 0.0311 e. The molecule has 0 fully saturated rings. The molecule has 0 atom stereocenters. The van der Waals surface area contributed by atoms with Crippen molar-refractivity contribution >= 4 is 0 Å². The summed E-state index contributed by atoms with van der Waals surface area (Å²) in [5.74, 6) is 5.11. The third-order valence-electron chi connectivity index (χ3n) is 1.44. The summed E-state index contributed by atoms with van der Waals surface area (Å²) in [7, 11) is 0. The second-order valence-electron chi connectivity index (χ2n) is 2.16. The SMILES string of the molecule is NNCCN1C=CCC1. The van der Waals surface area contributed by atoms with Crippen molar-refractivity contribution < 1.29 is 0 Å². The van der Waals surface area contributed by atoms with Crippen molar-refractivity contribution in [3.05, 3.63) is 12.3 Å². The molecule has 1 aliphatic heterocycles. The van der Waals surface area contributed by atoms with E-state index in [-0.39, 0.29) is 0 Å². The maximum absolute atomic E-state index is 5.11. The summed E-state index contributed by atoms with van der Waals surface area (Å²) in [6, 6.07) is 0. The van der Waals surface area contributed by atoms with Gasteiger partial charge in [-0.3, -0.25) is 11.3 Å². The molecule has 0 saturated carbocycles. The van der Waals surface area contributed by atoms with Gasteiger partial charge in [-0.1, -0.05) is 6.08 Å². The predicted molar refractivity (Wildman–Crippen MR) is 37.5 cm³/mol. The Kier molecular flexibility index (Phi) is 2.54.